The average molecular weight is 316 g/mol. The molecule has 1 N–H and O–H groups in total. The van der Waals surface area contributed by atoms with Crippen LogP contribution in [0.1, 0.15) is 18.9 Å². The molecule has 0 spiro atoms. The summed E-state index contributed by atoms with van der Waals surface area (Å²) >= 11 is 3.48. The predicted molar refractivity (Wildman–Crippen MR) is 74.2 cm³/mol. The van der Waals surface area contributed by atoms with E-state index in [2.05, 4.69) is 28.2 Å². The zero-order valence-corrected chi connectivity index (χ0v) is 12.3. The molecule has 18 heavy (non-hydrogen) atoms. The van der Waals surface area contributed by atoms with E-state index in [9.17, 15) is 4.39 Å². The molecule has 0 bridgehead atoms. The number of hydrogen-bond donors (Lipinski definition) is 1. The highest BCUT2D eigenvalue weighted by molar-refractivity contribution is 9.10. The fourth-order valence-electron chi connectivity index (χ4n) is 2.55. The number of rotatable bonds is 4. The van der Waals surface area contributed by atoms with Crippen LogP contribution in [0.5, 0.6) is 0 Å². The first-order valence-corrected chi connectivity index (χ1v) is 7.14. The molecule has 0 aliphatic carbocycles. The van der Waals surface area contributed by atoms with E-state index in [-0.39, 0.29) is 18.0 Å². The van der Waals surface area contributed by atoms with Crippen molar-refractivity contribution in [1.82, 2.24) is 5.32 Å². The molecule has 1 fully saturated rings. The second-order valence-electron chi connectivity index (χ2n) is 4.94. The van der Waals surface area contributed by atoms with Crippen molar-refractivity contribution in [1.29, 1.82) is 0 Å². The van der Waals surface area contributed by atoms with Crippen LogP contribution in [0.2, 0.25) is 0 Å². The molecule has 1 heterocycles. The smallest absolute Gasteiger partial charge is 0.123 e. The Balaban J connectivity index is 2.12. The largest absolute Gasteiger partial charge is 0.376 e. The summed E-state index contributed by atoms with van der Waals surface area (Å²) in [5.74, 6) is 0.359. The third-order valence-corrected chi connectivity index (χ3v) is 4.43. The van der Waals surface area contributed by atoms with Crippen LogP contribution >= 0.6 is 15.9 Å². The van der Waals surface area contributed by atoms with Gasteiger partial charge in [-0.25, -0.2) is 4.39 Å². The Morgan fingerprint density at radius 2 is 2.33 bits per heavy atom. The van der Waals surface area contributed by atoms with Gasteiger partial charge in [0.05, 0.1) is 6.10 Å². The number of halogens is 2. The van der Waals surface area contributed by atoms with Crippen molar-refractivity contribution in [2.24, 2.45) is 5.92 Å². The quantitative estimate of drug-likeness (QED) is 0.921. The van der Waals surface area contributed by atoms with Crippen molar-refractivity contribution < 1.29 is 9.13 Å². The van der Waals surface area contributed by atoms with E-state index >= 15 is 0 Å². The highest BCUT2D eigenvalue weighted by Gasteiger charge is 2.31. The van der Waals surface area contributed by atoms with Crippen LogP contribution in [0.3, 0.4) is 0 Å². The molecular weight excluding hydrogens is 297 g/mol. The SMILES string of the molecule is CNC(Cc1cc(F)ccc1Br)C1OCCC1C. The van der Waals surface area contributed by atoms with Crippen LogP contribution in [0.15, 0.2) is 22.7 Å². The van der Waals surface area contributed by atoms with E-state index < -0.39 is 0 Å². The lowest BCUT2D eigenvalue weighted by molar-refractivity contribution is 0.0633. The van der Waals surface area contributed by atoms with Gasteiger partial charge in [-0.3, -0.25) is 0 Å². The van der Waals surface area contributed by atoms with Crippen LogP contribution in [-0.2, 0) is 11.2 Å². The fraction of sp³-hybridized carbons (Fsp3) is 0.571. The van der Waals surface area contributed by atoms with Gasteiger partial charge in [-0.15, -0.1) is 0 Å². The average Bonchev–Trinajstić information content (AvgIpc) is 2.77. The molecule has 3 atom stereocenters. The minimum atomic E-state index is -0.191. The number of nitrogens with one attached hydrogen (secondary N) is 1. The lowest BCUT2D eigenvalue weighted by Gasteiger charge is -2.26. The summed E-state index contributed by atoms with van der Waals surface area (Å²) in [6, 6.07) is 5.04. The first-order chi connectivity index (χ1) is 8.61. The summed E-state index contributed by atoms with van der Waals surface area (Å²) in [6.45, 7) is 3.04. The molecule has 4 heteroatoms. The molecule has 0 radical (unpaired) electrons. The van der Waals surface area contributed by atoms with Gasteiger partial charge in [-0.1, -0.05) is 22.9 Å². The normalized spacial score (nSPS) is 25.3. The molecule has 1 aliphatic heterocycles. The van der Waals surface area contributed by atoms with Crippen molar-refractivity contribution in [3.05, 3.63) is 34.1 Å². The van der Waals surface area contributed by atoms with Gasteiger partial charge in [0.1, 0.15) is 5.82 Å². The Morgan fingerprint density at radius 3 is 2.94 bits per heavy atom. The van der Waals surface area contributed by atoms with Crippen molar-refractivity contribution >= 4 is 15.9 Å². The maximum atomic E-state index is 13.3. The van der Waals surface area contributed by atoms with Gasteiger partial charge in [0.25, 0.3) is 0 Å². The molecule has 0 aromatic heterocycles. The summed E-state index contributed by atoms with van der Waals surface area (Å²) < 4.78 is 20.0. The third kappa shape index (κ3) is 3.11. The van der Waals surface area contributed by atoms with E-state index in [1.807, 2.05) is 7.05 Å². The van der Waals surface area contributed by atoms with Crippen molar-refractivity contribution in [2.45, 2.75) is 31.9 Å². The van der Waals surface area contributed by atoms with Crippen molar-refractivity contribution in [3.63, 3.8) is 0 Å². The second-order valence-corrected chi connectivity index (χ2v) is 5.79. The van der Waals surface area contributed by atoms with Gasteiger partial charge in [-0.05, 0) is 49.6 Å². The highest BCUT2D eigenvalue weighted by Crippen LogP contribution is 2.26. The van der Waals surface area contributed by atoms with E-state index in [1.54, 1.807) is 12.1 Å². The molecule has 1 aromatic rings. The molecule has 0 saturated carbocycles. The summed E-state index contributed by atoms with van der Waals surface area (Å²) in [5, 5.41) is 3.30. The summed E-state index contributed by atoms with van der Waals surface area (Å²) in [4.78, 5) is 0. The van der Waals surface area contributed by atoms with Crippen molar-refractivity contribution in [2.75, 3.05) is 13.7 Å². The number of likely N-dealkylation sites (N-methyl/N-ethyl adjacent to an activating group) is 1. The zero-order valence-electron chi connectivity index (χ0n) is 10.7. The Morgan fingerprint density at radius 1 is 1.56 bits per heavy atom. The van der Waals surface area contributed by atoms with Crippen molar-refractivity contribution in [3.8, 4) is 0 Å². The number of ether oxygens (including phenoxy) is 1. The number of hydrogen-bond acceptors (Lipinski definition) is 2. The molecule has 1 aromatic carbocycles. The molecule has 100 valence electrons. The maximum absolute atomic E-state index is 13.3. The standard InChI is InChI=1S/C14H19BrFNO/c1-9-5-6-18-14(9)13(17-2)8-10-7-11(16)3-4-12(10)15/h3-4,7,9,13-14,17H,5-6,8H2,1-2H3. The Hall–Kier alpha value is -0.450. The van der Waals surface area contributed by atoms with Crippen LogP contribution in [0.4, 0.5) is 4.39 Å². The number of benzene rings is 1. The van der Waals surface area contributed by atoms with Crippen LogP contribution in [-0.4, -0.2) is 25.8 Å². The minimum absolute atomic E-state index is 0.191. The van der Waals surface area contributed by atoms with Gasteiger partial charge in [0, 0.05) is 17.1 Å². The third-order valence-electron chi connectivity index (χ3n) is 3.66. The highest BCUT2D eigenvalue weighted by atomic mass is 79.9. The zero-order chi connectivity index (χ0) is 13.1. The lowest BCUT2D eigenvalue weighted by atomic mass is 9.93. The fourth-order valence-corrected chi connectivity index (χ4v) is 2.96. The first-order valence-electron chi connectivity index (χ1n) is 6.34. The van der Waals surface area contributed by atoms with Gasteiger partial charge in [-0.2, -0.15) is 0 Å². The molecule has 2 nitrogen and oxygen atoms in total. The van der Waals surface area contributed by atoms with E-state index in [4.69, 9.17) is 4.74 Å². The second kappa shape index (κ2) is 6.13. The van der Waals surface area contributed by atoms with Gasteiger partial charge in [0.2, 0.25) is 0 Å². The minimum Gasteiger partial charge on any atom is -0.376 e. The molecule has 1 aliphatic rings. The molecule has 3 unspecified atom stereocenters. The van der Waals surface area contributed by atoms with Gasteiger partial charge < -0.3 is 10.1 Å². The molecular formula is C14H19BrFNO. The van der Waals surface area contributed by atoms with Crippen LogP contribution < -0.4 is 5.32 Å². The van der Waals surface area contributed by atoms with Crippen LogP contribution in [0, 0.1) is 11.7 Å². The molecule has 0 amide bonds. The molecule has 2 rings (SSSR count). The maximum Gasteiger partial charge on any atom is 0.123 e. The van der Waals surface area contributed by atoms with E-state index in [1.165, 1.54) is 6.07 Å². The Labute approximate surface area is 116 Å². The Bertz CT molecular complexity index is 413. The van der Waals surface area contributed by atoms with Gasteiger partial charge >= 0.3 is 0 Å². The summed E-state index contributed by atoms with van der Waals surface area (Å²) in [5.41, 5.74) is 0.983. The monoisotopic (exact) mass is 315 g/mol. The van der Waals surface area contributed by atoms with Crippen LogP contribution in [0.25, 0.3) is 0 Å². The molecule has 1 saturated heterocycles. The first kappa shape index (κ1) is 14.0. The lowest BCUT2D eigenvalue weighted by Crippen LogP contribution is -2.42. The Kier molecular flexibility index (Phi) is 4.76. The van der Waals surface area contributed by atoms with E-state index in [0.717, 1.165) is 29.5 Å². The summed E-state index contributed by atoms with van der Waals surface area (Å²) in [6.07, 6.45) is 2.09. The van der Waals surface area contributed by atoms with E-state index in [0.29, 0.717) is 5.92 Å². The van der Waals surface area contributed by atoms with Gasteiger partial charge in [0.15, 0.2) is 0 Å². The summed E-state index contributed by atoms with van der Waals surface area (Å²) in [7, 11) is 1.94. The predicted octanol–water partition coefficient (Wildman–Crippen LogP) is 3.14. The topological polar surface area (TPSA) is 21.3 Å².